The van der Waals surface area contributed by atoms with Gasteiger partial charge in [0.2, 0.25) is 35.3 Å². The van der Waals surface area contributed by atoms with Crippen molar-refractivity contribution in [3.05, 3.63) is 159 Å². The van der Waals surface area contributed by atoms with Crippen molar-refractivity contribution in [2.75, 3.05) is 7.05 Å². The number of aliphatic hydroxyl groups excluding tert-OH is 1. The predicted molar refractivity (Wildman–Crippen MR) is 285 cm³/mol. The van der Waals surface area contributed by atoms with Crippen LogP contribution >= 0.6 is 23.2 Å². The van der Waals surface area contributed by atoms with Gasteiger partial charge in [-0.15, -0.1) is 0 Å². The van der Waals surface area contributed by atoms with E-state index in [9.17, 15) is 59.4 Å². The van der Waals surface area contributed by atoms with Crippen LogP contribution < -0.4 is 52.3 Å². The normalized spacial score (nSPS) is 18.2. The van der Waals surface area contributed by atoms with E-state index in [4.69, 9.17) is 48.9 Å². The number of carbonyl (C=O) groups is 6. The number of allylic oxidation sites excluding steroid dienone is 1. The minimum absolute atomic E-state index is 0.0218. The Hall–Kier alpha value is -9.06. The molecule has 0 saturated heterocycles. The molecule has 3 aliphatic heterocycles. The molecule has 3 heterocycles. The molecule has 15 N–H and O–H groups in total. The number of amides is 5. The lowest BCUT2D eigenvalue weighted by Crippen LogP contribution is -2.53. The highest BCUT2D eigenvalue weighted by atomic mass is 35.5. The Morgan fingerprint density at radius 1 is 0.772 bits per heavy atom. The number of carbonyl (C=O) groups excluding carboxylic acids is 5. The standard InChI is InChI=1S/C55H51Cl2N7O15/c1-4-23(2)32-9-8-29(65)22-33(32)47(55(75)76)64-52(72)44(59)48(68)26-7-12-39(35(57)17-26)79-42-20-28-19-41(49(42)69)78-38-11-5-24(13-34(38)56)14-36-50(70)62-46(54(74)63-45(28)53(73)60-3)27-15-30(66)21-31(16-27)77-40-18-25(6-10-37(40)67)43(58)51(71)61-36/h5-13,15-22,36,43-48,65-69H,2,4,14,58-59H2,1,3H3,(H,60,73)(H,61,71)(H,62,70)(H,63,74)(H,64,72)(H,75,76)/t36-,43?,44+,45-,46?,47+,48-/m1/s1. The third-order valence-electron chi connectivity index (χ3n) is 13.0. The van der Waals surface area contributed by atoms with E-state index in [0.717, 1.165) is 18.2 Å². The number of halogens is 2. The van der Waals surface area contributed by atoms with E-state index in [1.165, 1.54) is 92.0 Å². The summed E-state index contributed by atoms with van der Waals surface area (Å²) in [7, 11) is 1.26. The number of benzene rings is 6. The Balaban J connectivity index is 1.16. The lowest BCUT2D eigenvalue weighted by Gasteiger charge is -2.28. The second-order valence-corrected chi connectivity index (χ2v) is 19.1. The highest BCUT2D eigenvalue weighted by molar-refractivity contribution is 6.32. The Morgan fingerprint density at radius 2 is 1.52 bits per heavy atom. The molecule has 0 aromatic heterocycles. The molecule has 6 aromatic carbocycles. The van der Waals surface area contributed by atoms with Crippen molar-refractivity contribution in [3.63, 3.8) is 0 Å². The topological polar surface area (TPSA) is 364 Å². The zero-order valence-electron chi connectivity index (χ0n) is 41.7. The minimum Gasteiger partial charge on any atom is -0.508 e. The number of aromatic hydroxyl groups is 4. The van der Waals surface area contributed by atoms with Gasteiger partial charge in [-0.1, -0.05) is 61.0 Å². The number of hydrogen-bond acceptors (Lipinski definition) is 16. The number of nitrogens with two attached hydrogens (primary N) is 2. The van der Waals surface area contributed by atoms with Crippen molar-refractivity contribution in [3.8, 4) is 57.5 Å². The van der Waals surface area contributed by atoms with Crippen molar-refractivity contribution in [1.29, 1.82) is 0 Å². The Kier molecular flexibility index (Phi) is 16.5. The summed E-state index contributed by atoms with van der Waals surface area (Å²) >= 11 is 13.5. The smallest absolute Gasteiger partial charge is 0.330 e. The first-order chi connectivity index (χ1) is 37.5. The van der Waals surface area contributed by atoms with E-state index < -0.39 is 95.1 Å². The van der Waals surface area contributed by atoms with Gasteiger partial charge in [0.15, 0.2) is 29.0 Å². The van der Waals surface area contributed by atoms with E-state index in [1.54, 1.807) is 6.92 Å². The quantitative estimate of drug-likeness (QED) is 0.0736. The third kappa shape index (κ3) is 12.2. The highest BCUT2D eigenvalue weighted by Crippen LogP contribution is 2.46. The second kappa shape index (κ2) is 23.3. The molecule has 10 bridgehead atoms. The van der Waals surface area contributed by atoms with Gasteiger partial charge >= 0.3 is 5.97 Å². The number of ether oxygens (including phenoxy) is 3. The van der Waals surface area contributed by atoms with E-state index in [0.29, 0.717) is 23.1 Å². The molecule has 3 aliphatic rings. The number of nitrogens with one attached hydrogen (secondary N) is 5. The van der Waals surface area contributed by atoms with E-state index >= 15 is 0 Å². The number of likely N-dealkylation sites (N-methyl/N-ethyl adjacent to an activating group) is 1. The molecule has 0 saturated carbocycles. The number of aliphatic hydroxyl groups is 1. The summed E-state index contributed by atoms with van der Waals surface area (Å²) in [5, 5.41) is 77.6. The maximum Gasteiger partial charge on any atom is 0.330 e. The average molecular weight is 1120 g/mol. The number of carboxylic acid groups (broad SMARTS) is 1. The summed E-state index contributed by atoms with van der Waals surface area (Å²) in [6, 6.07) is 11.9. The molecule has 24 heteroatoms. The van der Waals surface area contributed by atoms with Gasteiger partial charge < -0.3 is 82.9 Å². The summed E-state index contributed by atoms with van der Waals surface area (Å²) in [6.45, 7) is 5.73. The van der Waals surface area contributed by atoms with Crippen molar-refractivity contribution < 1.29 is 73.6 Å². The summed E-state index contributed by atoms with van der Waals surface area (Å²) in [4.78, 5) is 83.0. The number of fused-ring (bicyclic) bond motifs is 8. The molecule has 2 unspecified atom stereocenters. The van der Waals surface area contributed by atoms with E-state index in [2.05, 4.69) is 33.2 Å². The van der Waals surface area contributed by atoms with Gasteiger partial charge in [-0.25, -0.2) is 4.79 Å². The zero-order valence-corrected chi connectivity index (χ0v) is 43.3. The van der Waals surface area contributed by atoms with Crippen molar-refractivity contribution in [2.24, 2.45) is 11.5 Å². The Labute approximate surface area is 459 Å². The van der Waals surface area contributed by atoms with Crippen molar-refractivity contribution >= 4 is 64.3 Å². The Morgan fingerprint density at radius 3 is 2.22 bits per heavy atom. The predicted octanol–water partition coefficient (Wildman–Crippen LogP) is 5.73. The van der Waals surface area contributed by atoms with Crippen LogP contribution in [0.4, 0.5) is 0 Å². The second-order valence-electron chi connectivity index (χ2n) is 18.3. The maximum atomic E-state index is 14.8. The monoisotopic (exact) mass is 1120 g/mol. The van der Waals surface area contributed by atoms with Gasteiger partial charge in [0.05, 0.1) is 10.0 Å². The fourth-order valence-electron chi connectivity index (χ4n) is 8.70. The molecule has 5 amide bonds. The molecular formula is C55H51Cl2N7O15. The molecule has 7 atom stereocenters. The Bertz CT molecular complexity index is 3470. The van der Waals surface area contributed by atoms with Crippen LogP contribution in [0, 0.1) is 0 Å². The van der Waals surface area contributed by atoms with Gasteiger partial charge in [0.1, 0.15) is 65.1 Å². The van der Waals surface area contributed by atoms with Crippen LogP contribution in [0.15, 0.2) is 110 Å². The molecule has 0 spiro atoms. The summed E-state index contributed by atoms with van der Waals surface area (Å²) < 4.78 is 18.2. The first kappa shape index (κ1) is 56.2. The first-order valence-corrected chi connectivity index (χ1v) is 24.8. The summed E-state index contributed by atoms with van der Waals surface area (Å²) in [5.41, 5.74) is 13.8. The van der Waals surface area contributed by atoms with Gasteiger partial charge in [-0.3, -0.25) is 24.0 Å². The average Bonchev–Trinajstić information content (AvgIpc) is 3.50. The molecule has 410 valence electrons. The minimum atomic E-state index is -1.80. The van der Waals surface area contributed by atoms with Crippen LogP contribution in [-0.2, 0) is 35.2 Å². The number of phenols is 4. The lowest BCUT2D eigenvalue weighted by molar-refractivity contribution is -0.142. The number of rotatable bonds is 11. The van der Waals surface area contributed by atoms with E-state index in [1.807, 2.05) is 0 Å². The lowest BCUT2D eigenvalue weighted by atomic mass is 9.93. The van der Waals surface area contributed by atoms with Crippen LogP contribution in [0.3, 0.4) is 0 Å². The van der Waals surface area contributed by atoms with Crippen LogP contribution in [0.1, 0.15) is 82.6 Å². The van der Waals surface area contributed by atoms with Crippen molar-refractivity contribution in [2.45, 2.75) is 62.1 Å². The molecule has 0 radical (unpaired) electrons. The number of phenolic OH excluding ortho intramolecular Hbond substituents is 4. The van der Waals surface area contributed by atoms with Gasteiger partial charge in [0, 0.05) is 19.5 Å². The molecule has 6 aromatic rings. The van der Waals surface area contributed by atoms with Crippen molar-refractivity contribution in [1.82, 2.24) is 26.6 Å². The first-order valence-electron chi connectivity index (χ1n) is 24.0. The van der Waals surface area contributed by atoms with E-state index in [-0.39, 0.29) is 84.5 Å². The van der Waals surface area contributed by atoms with Crippen LogP contribution in [0.5, 0.6) is 57.5 Å². The highest BCUT2D eigenvalue weighted by Gasteiger charge is 2.36. The van der Waals surface area contributed by atoms with Gasteiger partial charge in [-0.2, -0.15) is 0 Å². The van der Waals surface area contributed by atoms with Gasteiger partial charge in [-0.05, 0) is 124 Å². The molecular weight excluding hydrogens is 1070 g/mol. The summed E-state index contributed by atoms with van der Waals surface area (Å²) in [5.74, 6) is -9.47. The number of aliphatic carboxylic acids is 1. The van der Waals surface area contributed by atoms with Crippen LogP contribution in [-0.4, -0.2) is 85.3 Å². The van der Waals surface area contributed by atoms with Crippen LogP contribution in [0.25, 0.3) is 5.57 Å². The fraction of sp³-hybridized carbons (Fsp3) is 0.200. The third-order valence-corrected chi connectivity index (χ3v) is 13.6. The SMILES string of the molecule is C=C(CC)c1ccc(O)cc1[C@H](NC(=O)[C@@H](N)[C@H](O)c1ccc(Oc2cc3cc(c2O)Oc2ccc(cc2Cl)C[C@H]2NC(=O)C(N)c4ccc(O)c(c4)Oc4cc(O)cc(c4)C(NC2=O)C(=O)N[C@H]3C(=O)NC)c(Cl)c1)C(=O)O. The number of hydrogen-bond donors (Lipinski definition) is 13. The number of carboxylic acids is 1. The molecule has 0 aliphatic carbocycles. The van der Waals surface area contributed by atoms with Crippen LogP contribution in [0.2, 0.25) is 10.0 Å². The maximum absolute atomic E-state index is 14.8. The fourth-order valence-corrected chi connectivity index (χ4v) is 9.17. The molecule has 0 fully saturated rings. The zero-order chi connectivity index (χ0) is 57.1. The van der Waals surface area contributed by atoms with Gasteiger partial charge in [0.25, 0.3) is 0 Å². The largest absolute Gasteiger partial charge is 0.508 e. The molecule has 9 rings (SSSR count). The molecule has 79 heavy (non-hydrogen) atoms. The summed E-state index contributed by atoms with van der Waals surface area (Å²) in [6.07, 6.45) is -1.64. The molecule has 22 nitrogen and oxygen atoms in total.